The number of amides is 1. The van der Waals surface area contributed by atoms with Gasteiger partial charge < -0.3 is 15.2 Å². The number of ether oxygens (including phenoxy) is 1. The number of rotatable bonds is 6. The summed E-state index contributed by atoms with van der Waals surface area (Å²) in [4.78, 5) is 16.8. The lowest BCUT2D eigenvalue weighted by molar-refractivity contribution is 0.0785. The Morgan fingerprint density at radius 2 is 1.71 bits per heavy atom. The molecule has 0 radical (unpaired) electrons. The number of pyridine rings is 1. The van der Waals surface area contributed by atoms with Crippen molar-refractivity contribution in [2.24, 2.45) is 0 Å². The Hall–Kier alpha value is -3.97. The molecule has 3 heterocycles. The summed E-state index contributed by atoms with van der Waals surface area (Å²) in [5.41, 5.74) is 4.94. The number of hydrogen-bond acceptors (Lipinski definition) is 5. The third-order valence-electron chi connectivity index (χ3n) is 5.94. The van der Waals surface area contributed by atoms with Gasteiger partial charge in [0.15, 0.2) is 0 Å². The number of carbonyl (C=O) groups excluding carboxylic acids is 1. The topological polar surface area (TPSA) is 89.3 Å². The molecule has 4 aromatic rings. The molecule has 2 N–H and O–H groups in total. The Kier molecular flexibility index (Phi) is 5.63. The standard InChI is InChI=1S/C27H26N4O3/c1-27(2,33)21-7-3-18(4-8-21)17-34-22-9-5-19(6-10-22)23-24(20-11-13-28-14-12-20)30-31-16-15-29-26(32)25(23)31/h3-14,33H,15-17H2,1-2H3,(H,29,32). The highest BCUT2D eigenvalue weighted by Gasteiger charge is 2.27. The second-order valence-electron chi connectivity index (χ2n) is 8.86. The Morgan fingerprint density at radius 1 is 1.00 bits per heavy atom. The Morgan fingerprint density at radius 3 is 2.38 bits per heavy atom. The van der Waals surface area contributed by atoms with E-state index in [-0.39, 0.29) is 5.91 Å². The van der Waals surface area contributed by atoms with Gasteiger partial charge in [0, 0.05) is 30.1 Å². The van der Waals surface area contributed by atoms with Gasteiger partial charge in [-0.3, -0.25) is 14.5 Å². The Bertz CT molecular complexity index is 1310. The van der Waals surface area contributed by atoms with Gasteiger partial charge in [-0.1, -0.05) is 36.4 Å². The quantitative estimate of drug-likeness (QED) is 0.457. The first-order chi connectivity index (χ1) is 16.4. The van der Waals surface area contributed by atoms with Crippen molar-refractivity contribution in [3.8, 4) is 28.1 Å². The zero-order chi connectivity index (χ0) is 23.7. The molecule has 0 saturated heterocycles. The van der Waals surface area contributed by atoms with E-state index in [9.17, 15) is 9.90 Å². The van der Waals surface area contributed by atoms with Crippen molar-refractivity contribution in [2.75, 3.05) is 6.54 Å². The zero-order valence-corrected chi connectivity index (χ0v) is 19.2. The predicted molar refractivity (Wildman–Crippen MR) is 129 cm³/mol. The number of aliphatic hydroxyl groups is 1. The van der Waals surface area contributed by atoms with Crippen molar-refractivity contribution >= 4 is 5.91 Å². The minimum Gasteiger partial charge on any atom is -0.489 e. The molecule has 7 heteroatoms. The van der Waals surface area contributed by atoms with Gasteiger partial charge >= 0.3 is 0 Å². The number of carbonyl (C=O) groups is 1. The molecule has 5 rings (SSSR count). The predicted octanol–water partition coefficient (Wildman–Crippen LogP) is 4.16. The average molecular weight is 455 g/mol. The highest BCUT2D eigenvalue weighted by molar-refractivity contribution is 6.03. The van der Waals surface area contributed by atoms with Crippen LogP contribution < -0.4 is 10.1 Å². The minimum atomic E-state index is -0.867. The molecule has 1 aliphatic heterocycles. The number of benzene rings is 2. The molecule has 34 heavy (non-hydrogen) atoms. The summed E-state index contributed by atoms with van der Waals surface area (Å²) < 4.78 is 7.75. The summed E-state index contributed by atoms with van der Waals surface area (Å²) in [7, 11) is 0. The molecule has 0 atom stereocenters. The van der Waals surface area contributed by atoms with Crippen molar-refractivity contribution in [3.05, 3.63) is 89.9 Å². The molecule has 0 spiro atoms. The van der Waals surface area contributed by atoms with E-state index in [0.717, 1.165) is 39.3 Å². The van der Waals surface area contributed by atoms with Crippen LogP contribution in [-0.4, -0.2) is 32.3 Å². The zero-order valence-electron chi connectivity index (χ0n) is 19.2. The number of nitrogens with zero attached hydrogens (tertiary/aromatic N) is 3. The molecular weight excluding hydrogens is 428 g/mol. The summed E-state index contributed by atoms with van der Waals surface area (Å²) in [6, 6.07) is 19.3. The monoisotopic (exact) mass is 454 g/mol. The fourth-order valence-corrected chi connectivity index (χ4v) is 4.09. The molecule has 0 aliphatic carbocycles. The van der Waals surface area contributed by atoms with E-state index in [1.165, 1.54) is 0 Å². The SMILES string of the molecule is CC(C)(O)c1ccc(COc2ccc(-c3c(-c4ccncc4)nn4c3C(=O)NCC4)cc2)cc1. The number of hydrogen-bond donors (Lipinski definition) is 2. The lowest BCUT2D eigenvalue weighted by atomic mass is 9.97. The van der Waals surface area contributed by atoms with Crippen LogP contribution in [0.25, 0.3) is 22.4 Å². The van der Waals surface area contributed by atoms with Crippen molar-refractivity contribution in [1.82, 2.24) is 20.1 Å². The minimum absolute atomic E-state index is 0.121. The van der Waals surface area contributed by atoms with Crippen molar-refractivity contribution < 1.29 is 14.6 Å². The Balaban J connectivity index is 1.40. The first-order valence-corrected chi connectivity index (χ1v) is 11.2. The second kappa shape index (κ2) is 8.76. The maximum atomic E-state index is 12.7. The highest BCUT2D eigenvalue weighted by Crippen LogP contribution is 2.36. The van der Waals surface area contributed by atoms with Crippen LogP contribution in [0.15, 0.2) is 73.1 Å². The average Bonchev–Trinajstić information content (AvgIpc) is 3.24. The van der Waals surface area contributed by atoms with Crippen LogP contribution in [0.4, 0.5) is 0 Å². The van der Waals surface area contributed by atoms with Gasteiger partial charge in [0.25, 0.3) is 5.91 Å². The van der Waals surface area contributed by atoms with Crippen molar-refractivity contribution in [3.63, 3.8) is 0 Å². The van der Waals surface area contributed by atoms with Crippen LogP contribution in [0.3, 0.4) is 0 Å². The third kappa shape index (κ3) is 4.30. The number of nitrogens with one attached hydrogen (secondary N) is 1. The third-order valence-corrected chi connectivity index (χ3v) is 5.94. The first kappa shape index (κ1) is 21.9. The first-order valence-electron chi connectivity index (χ1n) is 11.2. The van der Waals surface area contributed by atoms with Crippen LogP contribution in [-0.2, 0) is 18.8 Å². The normalized spacial score (nSPS) is 13.3. The highest BCUT2D eigenvalue weighted by atomic mass is 16.5. The van der Waals surface area contributed by atoms with E-state index in [0.29, 0.717) is 25.4 Å². The van der Waals surface area contributed by atoms with E-state index >= 15 is 0 Å². The van der Waals surface area contributed by atoms with Crippen molar-refractivity contribution in [1.29, 1.82) is 0 Å². The molecule has 2 aromatic heterocycles. The van der Waals surface area contributed by atoms with E-state index < -0.39 is 5.60 Å². The lowest BCUT2D eigenvalue weighted by Crippen LogP contribution is -2.35. The lowest BCUT2D eigenvalue weighted by Gasteiger charge is -2.18. The van der Waals surface area contributed by atoms with E-state index in [4.69, 9.17) is 9.84 Å². The maximum Gasteiger partial charge on any atom is 0.270 e. The van der Waals surface area contributed by atoms with Gasteiger partial charge in [-0.05, 0) is 54.8 Å². The molecular formula is C27H26N4O3. The molecule has 0 unspecified atom stereocenters. The van der Waals surface area contributed by atoms with E-state index in [2.05, 4.69) is 10.3 Å². The van der Waals surface area contributed by atoms with E-state index in [1.807, 2.05) is 60.7 Å². The maximum absolute atomic E-state index is 12.7. The summed E-state index contributed by atoms with van der Waals surface area (Å²) in [6.07, 6.45) is 3.45. The van der Waals surface area contributed by atoms with Crippen LogP contribution in [0.2, 0.25) is 0 Å². The largest absolute Gasteiger partial charge is 0.489 e. The van der Waals surface area contributed by atoms with Crippen LogP contribution in [0.5, 0.6) is 5.75 Å². The summed E-state index contributed by atoms with van der Waals surface area (Å²) in [5, 5.41) is 17.8. The summed E-state index contributed by atoms with van der Waals surface area (Å²) in [5.74, 6) is 0.607. The van der Waals surface area contributed by atoms with Crippen LogP contribution in [0.1, 0.15) is 35.5 Å². The fraction of sp³-hybridized carbons (Fsp3) is 0.222. The fourth-order valence-electron chi connectivity index (χ4n) is 4.09. The molecule has 2 aromatic carbocycles. The Labute approximate surface area is 198 Å². The molecule has 0 bridgehead atoms. The molecule has 1 aliphatic rings. The summed E-state index contributed by atoms with van der Waals surface area (Å²) in [6.45, 7) is 5.14. The van der Waals surface area contributed by atoms with Gasteiger partial charge in [0.05, 0.1) is 12.1 Å². The van der Waals surface area contributed by atoms with Crippen LogP contribution >= 0.6 is 0 Å². The molecule has 172 valence electrons. The van der Waals surface area contributed by atoms with Gasteiger partial charge in [-0.25, -0.2) is 0 Å². The van der Waals surface area contributed by atoms with E-state index in [1.54, 1.807) is 30.9 Å². The van der Waals surface area contributed by atoms with Crippen LogP contribution in [0, 0.1) is 0 Å². The molecule has 7 nitrogen and oxygen atoms in total. The number of fused-ring (bicyclic) bond motifs is 1. The number of aromatic nitrogens is 3. The molecule has 0 fully saturated rings. The van der Waals surface area contributed by atoms with Gasteiger partial charge in [-0.2, -0.15) is 5.10 Å². The smallest absolute Gasteiger partial charge is 0.270 e. The second-order valence-corrected chi connectivity index (χ2v) is 8.86. The molecule has 0 saturated carbocycles. The van der Waals surface area contributed by atoms with Gasteiger partial charge in [0.1, 0.15) is 23.7 Å². The van der Waals surface area contributed by atoms with Gasteiger partial charge in [-0.15, -0.1) is 0 Å². The van der Waals surface area contributed by atoms with Gasteiger partial charge in [0.2, 0.25) is 0 Å². The molecule has 1 amide bonds. The summed E-state index contributed by atoms with van der Waals surface area (Å²) >= 11 is 0. The van der Waals surface area contributed by atoms with Crippen molar-refractivity contribution in [2.45, 2.75) is 32.6 Å².